The number of carbonyl (C=O) groups excluding carboxylic acids is 2. The molecular formula is C16H18N2O2. The second-order valence-corrected chi connectivity index (χ2v) is 4.82. The molecular weight excluding hydrogens is 252 g/mol. The van der Waals surface area contributed by atoms with Crippen molar-refractivity contribution in [3.8, 4) is 0 Å². The van der Waals surface area contributed by atoms with Crippen LogP contribution in [0.3, 0.4) is 0 Å². The Bertz CT molecular complexity index is 553. The Morgan fingerprint density at radius 1 is 1.10 bits per heavy atom. The summed E-state index contributed by atoms with van der Waals surface area (Å²) in [4.78, 5) is 27.9. The minimum Gasteiger partial charge on any atom is -0.302 e. The number of urea groups is 1. The Hall–Kier alpha value is -2.36. The Balaban J connectivity index is 2.52. The van der Waals surface area contributed by atoms with Crippen LogP contribution in [0, 0.1) is 0 Å². The molecule has 4 heteroatoms. The maximum Gasteiger partial charge on any atom is 0.328 e. The zero-order chi connectivity index (χ0) is 14.8. The molecule has 1 saturated heterocycles. The third-order valence-corrected chi connectivity index (χ3v) is 3.62. The fourth-order valence-electron chi connectivity index (χ4n) is 2.52. The lowest BCUT2D eigenvalue weighted by atomic mass is 9.90. The van der Waals surface area contributed by atoms with Gasteiger partial charge in [-0.25, -0.2) is 4.79 Å². The maximum absolute atomic E-state index is 12.7. The number of hydrogen-bond acceptors (Lipinski definition) is 2. The topological polar surface area (TPSA) is 40.6 Å². The largest absolute Gasteiger partial charge is 0.328 e. The molecule has 1 aliphatic heterocycles. The fraction of sp³-hybridized carbons (Fsp3) is 0.250. The van der Waals surface area contributed by atoms with E-state index in [-0.39, 0.29) is 18.5 Å². The molecule has 1 fully saturated rings. The van der Waals surface area contributed by atoms with Gasteiger partial charge in [-0.2, -0.15) is 0 Å². The summed E-state index contributed by atoms with van der Waals surface area (Å²) in [5.74, 6) is -0.226. The molecule has 1 aromatic rings. The monoisotopic (exact) mass is 270 g/mol. The molecule has 4 nitrogen and oxygen atoms in total. The summed E-state index contributed by atoms with van der Waals surface area (Å²) in [6.45, 7) is 9.58. The van der Waals surface area contributed by atoms with Crippen LogP contribution < -0.4 is 0 Å². The Labute approximate surface area is 119 Å². The molecule has 1 unspecified atom stereocenters. The average Bonchev–Trinajstić information content (AvgIpc) is 2.65. The second kappa shape index (κ2) is 5.33. The van der Waals surface area contributed by atoms with Crippen LogP contribution in [0.5, 0.6) is 0 Å². The molecule has 0 aliphatic carbocycles. The lowest BCUT2D eigenvalue weighted by Crippen LogP contribution is -2.44. The minimum absolute atomic E-state index is 0.216. The number of nitrogens with zero attached hydrogens (tertiary/aromatic N) is 2. The zero-order valence-electron chi connectivity index (χ0n) is 11.6. The van der Waals surface area contributed by atoms with Crippen LogP contribution in [-0.2, 0) is 10.3 Å². The molecule has 104 valence electrons. The van der Waals surface area contributed by atoms with Gasteiger partial charge in [-0.15, -0.1) is 13.2 Å². The molecule has 1 aromatic carbocycles. The second-order valence-electron chi connectivity index (χ2n) is 4.82. The predicted octanol–water partition coefficient (Wildman–Crippen LogP) is 2.54. The highest BCUT2D eigenvalue weighted by atomic mass is 16.2. The van der Waals surface area contributed by atoms with Crippen molar-refractivity contribution in [2.24, 2.45) is 0 Å². The van der Waals surface area contributed by atoms with E-state index in [9.17, 15) is 9.59 Å². The van der Waals surface area contributed by atoms with Gasteiger partial charge in [0.15, 0.2) is 0 Å². The lowest BCUT2D eigenvalue weighted by Gasteiger charge is -2.31. The van der Waals surface area contributed by atoms with Crippen molar-refractivity contribution in [1.29, 1.82) is 0 Å². The molecule has 1 aliphatic rings. The van der Waals surface area contributed by atoms with E-state index in [2.05, 4.69) is 13.2 Å². The Morgan fingerprint density at radius 2 is 1.70 bits per heavy atom. The summed E-state index contributed by atoms with van der Waals surface area (Å²) in [7, 11) is 0. The number of amides is 3. The van der Waals surface area contributed by atoms with Crippen molar-refractivity contribution in [3.63, 3.8) is 0 Å². The van der Waals surface area contributed by atoms with E-state index in [1.54, 1.807) is 24.0 Å². The molecule has 20 heavy (non-hydrogen) atoms. The van der Waals surface area contributed by atoms with Crippen LogP contribution in [0.1, 0.15) is 12.5 Å². The van der Waals surface area contributed by atoms with Gasteiger partial charge in [-0.3, -0.25) is 9.69 Å². The summed E-state index contributed by atoms with van der Waals surface area (Å²) < 4.78 is 0. The smallest absolute Gasteiger partial charge is 0.302 e. The quantitative estimate of drug-likeness (QED) is 0.609. The maximum atomic E-state index is 12.7. The predicted molar refractivity (Wildman–Crippen MR) is 78.0 cm³/mol. The van der Waals surface area contributed by atoms with E-state index in [1.165, 1.54) is 4.90 Å². The average molecular weight is 270 g/mol. The first-order valence-corrected chi connectivity index (χ1v) is 6.48. The van der Waals surface area contributed by atoms with Gasteiger partial charge in [0.05, 0.1) is 0 Å². The van der Waals surface area contributed by atoms with E-state index in [4.69, 9.17) is 0 Å². The molecule has 0 N–H and O–H groups in total. The number of benzene rings is 1. The van der Waals surface area contributed by atoms with Crippen LogP contribution in [0.25, 0.3) is 0 Å². The highest BCUT2D eigenvalue weighted by Gasteiger charge is 2.54. The van der Waals surface area contributed by atoms with Gasteiger partial charge in [0.25, 0.3) is 5.91 Å². The zero-order valence-corrected chi connectivity index (χ0v) is 11.6. The Morgan fingerprint density at radius 3 is 2.25 bits per heavy atom. The highest BCUT2D eigenvalue weighted by Crippen LogP contribution is 2.36. The number of hydrogen-bond donors (Lipinski definition) is 0. The van der Waals surface area contributed by atoms with Crippen LogP contribution >= 0.6 is 0 Å². The molecule has 0 bridgehead atoms. The van der Waals surface area contributed by atoms with Crippen LogP contribution in [0.15, 0.2) is 55.6 Å². The standard InChI is InChI=1S/C16H18N2O2/c1-4-11-17-14(19)16(3,13-9-7-6-8-10-13)18(12-5-2)15(17)20/h4-10H,1-2,11-12H2,3H3. The van der Waals surface area contributed by atoms with Gasteiger partial charge in [0.2, 0.25) is 0 Å². The third-order valence-electron chi connectivity index (χ3n) is 3.62. The van der Waals surface area contributed by atoms with E-state index in [0.717, 1.165) is 5.56 Å². The van der Waals surface area contributed by atoms with Gasteiger partial charge >= 0.3 is 6.03 Å². The molecule has 0 radical (unpaired) electrons. The van der Waals surface area contributed by atoms with Gasteiger partial charge in [0.1, 0.15) is 5.54 Å². The molecule has 0 spiro atoms. The van der Waals surface area contributed by atoms with Crippen molar-refractivity contribution in [1.82, 2.24) is 9.80 Å². The lowest BCUT2D eigenvalue weighted by molar-refractivity contribution is -0.132. The van der Waals surface area contributed by atoms with Crippen molar-refractivity contribution >= 4 is 11.9 Å². The van der Waals surface area contributed by atoms with E-state index >= 15 is 0 Å². The van der Waals surface area contributed by atoms with Crippen molar-refractivity contribution in [2.45, 2.75) is 12.5 Å². The summed E-state index contributed by atoms with van der Waals surface area (Å²) in [5.41, 5.74) is -0.193. The molecule has 2 rings (SSSR count). The van der Waals surface area contributed by atoms with Gasteiger partial charge in [-0.1, -0.05) is 42.5 Å². The summed E-state index contributed by atoms with van der Waals surface area (Å²) in [6, 6.07) is 9.02. The number of imide groups is 1. The number of rotatable bonds is 5. The van der Waals surface area contributed by atoms with Crippen molar-refractivity contribution in [2.75, 3.05) is 13.1 Å². The SMILES string of the molecule is C=CCN1C(=O)N(CC=C)C(C)(c2ccccc2)C1=O. The van der Waals surface area contributed by atoms with E-state index in [0.29, 0.717) is 6.54 Å². The van der Waals surface area contributed by atoms with Crippen molar-refractivity contribution < 1.29 is 9.59 Å². The van der Waals surface area contributed by atoms with Crippen LogP contribution in [-0.4, -0.2) is 34.8 Å². The summed E-state index contributed by atoms with van der Waals surface area (Å²) in [6.07, 6.45) is 3.18. The summed E-state index contributed by atoms with van der Waals surface area (Å²) >= 11 is 0. The first-order chi connectivity index (χ1) is 9.57. The van der Waals surface area contributed by atoms with Gasteiger partial charge < -0.3 is 4.90 Å². The van der Waals surface area contributed by atoms with Gasteiger partial charge in [0, 0.05) is 13.1 Å². The highest BCUT2D eigenvalue weighted by molar-refractivity contribution is 6.07. The van der Waals surface area contributed by atoms with Gasteiger partial charge in [-0.05, 0) is 12.5 Å². The first-order valence-electron chi connectivity index (χ1n) is 6.48. The van der Waals surface area contributed by atoms with Crippen LogP contribution in [0.4, 0.5) is 4.79 Å². The van der Waals surface area contributed by atoms with Crippen molar-refractivity contribution in [3.05, 3.63) is 61.2 Å². The minimum atomic E-state index is -0.991. The number of carbonyl (C=O) groups is 2. The molecule has 1 heterocycles. The molecule has 0 saturated carbocycles. The van der Waals surface area contributed by atoms with Crippen LogP contribution in [0.2, 0.25) is 0 Å². The molecule has 1 atom stereocenters. The fourth-order valence-corrected chi connectivity index (χ4v) is 2.52. The summed E-state index contributed by atoms with van der Waals surface area (Å²) in [5, 5.41) is 0. The molecule has 3 amide bonds. The first kappa shape index (κ1) is 14.1. The Kier molecular flexibility index (Phi) is 3.74. The van der Waals surface area contributed by atoms with E-state index in [1.807, 2.05) is 30.3 Å². The molecule has 0 aromatic heterocycles. The normalized spacial score (nSPS) is 22.2. The van der Waals surface area contributed by atoms with E-state index < -0.39 is 5.54 Å². The third kappa shape index (κ3) is 1.93.